The van der Waals surface area contributed by atoms with Crippen LogP contribution in [0.25, 0.3) is 0 Å². The van der Waals surface area contributed by atoms with Crippen LogP contribution in [0.15, 0.2) is 42.5 Å². The van der Waals surface area contributed by atoms with Crippen molar-refractivity contribution in [2.24, 2.45) is 0 Å². The largest absolute Gasteiger partial charge is 0.484 e. The zero-order valence-corrected chi connectivity index (χ0v) is 14.4. The summed E-state index contributed by atoms with van der Waals surface area (Å²) >= 11 is 0. The molecule has 0 saturated carbocycles. The SMILES string of the molecule is C[C@H](NC(=O)COc1cccc(C#N)c1)c1ccc2c(c1)CCCC2. The highest BCUT2D eigenvalue weighted by atomic mass is 16.5. The minimum atomic E-state index is -0.174. The maximum Gasteiger partial charge on any atom is 0.258 e. The molecule has 0 unspecified atom stereocenters. The summed E-state index contributed by atoms with van der Waals surface area (Å²) < 4.78 is 5.47. The lowest BCUT2D eigenvalue weighted by Crippen LogP contribution is -2.31. The van der Waals surface area contributed by atoms with Crippen molar-refractivity contribution in [2.75, 3.05) is 6.61 Å². The Labute approximate surface area is 148 Å². The van der Waals surface area contributed by atoms with Crippen LogP contribution in [0.3, 0.4) is 0 Å². The number of carbonyl (C=O) groups excluding carboxylic acids is 1. The van der Waals surface area contributed by atoms with Gasteiger partial charge in [-0.15, -0.1) is 0 Å². The van der Waals surface area contributed by atoms with Gasteiger partial charge in [0.2, 0.25) is 0 Å². The second-order valence-corrected chi connectivity index (χ2v) is 6.45. The molecule has 0 aromatic heterocycles. The van der Waals surface area contributed by atoms with E-state index in [1.54, 1.807) is 24.3 Å². The normalized spacial score (nSPS) is 14.1. The molecule has 4 heteroatoms. The van der Waals surface area contributed by atoms with E-state index in [1.165, 1.54) is 24.0 Å². The summed E-state index contributed by atoms with van der Waals surface area (Å²) in [6, 6.07) is 15.3. The first kappa shape index (κ1) is 17.0. The van der Waals surface area contributed by atoms with Crippen molar-refractivity contribution < 1.29 is 9.53 Å². The highest BCUT2D eigenvalue weighted by Crippen LogP contribution is 2.24. The van der Waals surface area contributed by atoms with E-state index in [0.717, 1.165) is 18.4 Å². The van der Waals surface area contributed by atoms with E-state index < -0.39 is 0 Å². The van der Waals surface area contributed by atoms with Crippen molar-refractivity contribution in [1.82, 2.24) is 5.32 Å². The fourth-order valence-electron chi connectivity index (χ4n) is 3.19. The van der Waals surface area contributed by atoms with Crippen molar-refractivity contribution in [3.8, 4) is 11.8 Å². The van der Waals surface area contributed by atoms with E-state index in [-0.39, 0.29) is 18.6 Å². The van der Waals surface area contributed by atoms with Crippen LogP contribution in [0.4, 0.5) is 0 Å². The molecular formula is C21H22N2O2. The first-order valence-electron chi connectivity index (χ1n) is 8.70. The lowest BCUT2D eigenvalue weighted by atomic mass is 9.89. The Kier molecular flexibility index (Phi) is 5.35. The molecule has 1 aliphatic carbocycles. The van der Waals surface area contributed by atoms with Crippen molar-refractivity contribution in [2.45, 2.75) is 38.6 Å². The van der Waals surface area contributed by atoms with Crippen LogP contribution in [0.5, 0.6) is 5.75 Å². The van der Waals surface area contributed by atoms with E-state index in [2.05, 4.69) is 29.6 Å². The molecule has 0 bridgehead atoms. The van der Waals surface area contributed by atoms with Crippen LogP contribution in [0.2, 0.25) is 0 Å². The average molecular weight is 334 g/mol. The van der Waals surface area contributed by atoms with Crippen LogP contribution >= 0.6 is 0 Å². The molecule has 4 nitrogen and oxygen atoms in total. The number of hydrogen-bond acceptors (Lipinski definition) is 3. The third-order valence-electron chi connectivity index (χ3n) is 4.58. The topological polar surface area (TPSA) is 62.1 Å². The lowest BCUT2D eigenvalue weighted by molar-refractivity contribution is -0.123. The number of carbonyl (C=O) groups is 1. The van der Waals surface area contributed by atoms with Gasteiger partial charge in [0.25, 0.3) is 5.91 Å². The highest BCUT2D eigenvalue weighted by Gasteiger charge is 2.14. The Morgan fingerprint density at radius 1 is 1.20 bits per heavy atom. The van der Waals surface area contributed by atoms with Gasteiger partial charge in [-0.1, -0.05) is 24.3 Å². The van der Waals surface area contributed by atoms with E-state index in [4.69, 9.17) is 10.00 Å². The third-order valence-corrected chi connectivity index (χ3v) is 4.58. The summed E-state index contributed by atoms with van der Waals surface area (Å²) in [4.78, 5) is 12.1. The van der Waals surface area contributed by atoms with Gasteiger partial charge in [0.1, 0.15) is 5.75 Å². The number of ether oxygens (including phenoxy) is 1. The Balaban J connectivity index is 1.56. The Morgan fingerprint density at radius 2 is 2.00 bits per heavy atom. The monoisotopic (exact) mass is 334 g/mol. The molecule has 0 saturated heterocycles. The second kappa shape index (κ2) is 7.85. The van der Waals surface area contributed by atoms with Gasteiger partial charge in [-0.25, -0.2) is 0 Å². The molecule has 0 fully saturated rings. The number of nitrogens with one attached hydrogen (secondary N) is 1. The third kappa shape index (κ3) is 4.39. The quantitative estimate of drug-likeness (QED) is 0.907. The van der Waals surface area contributed by atoms with Crippen LogP contribution in [-0.2, 0) is 17.6 Å². The van der Waals surface area contributed by atoms with E-state index in [0.29, 0.717) is 11.3 Å². The molecule has 128 valence electrons. The summed E-state index contributed by atoms with van der Waals surface area (Å²) in [7, 11) is 0. The number of fused-ring (bicyclic) bond motifs is 1. The Morgan fingerprint density at radius 3 is 2.80 bits per heavy atom. The molecule has 1 N–H and O–H groups in total. The summed E-state index contributed by atoms with van der Waals surface area (Å²) in [5.41, 5.74) is 4.49. The minimum Gasteiger partial charge on any atom is -0.484 e. The molecule has 1 aliphatic rings. The number of nitriles is 1. The predicted molar refractivity (Wildman–Crippen MR) is 96.3 cm³/mol. The zero-order chi connectivity index (χ0) is 17.6. The number of benzene rings is 2. The molecule has 1 atom stereocenters. The number of amides is 1. The Hall–Kier alpha value is -2.80. The van der Waals surface area contributed by atoms with Crippen molar-refractivity contribution in [3.63, 3.8) is 0 Å². The van der Waals surface area contributed by atoms with Gasteiger partial charge in [-0.3, -0.25) is 4.79 Å². The summed E-state index contributed by atoms with van der Waals surface area (Å²) in [5, 5.41) is 11.9. The van der Waals surface area contributed by atoms with Crippen LogP contribution in [0, 0.1) is 11.3 Å². The summed E-state index contributed by atoms with van der Waals surface area (Å²) in [6.45, 7) is 1.92. The van der Waals surface area contributed by atoms with Crippen LogP contribution < -0.4 is 10.1 Å². The van der Waals surface area contributed by atoms with E-state index in [1.807, 2.05) is 6.92 Å². The van der Waals surface area contributed by atoms with Crippen molar-refractivity contribution >= 4 is 5.91 Å². The standard InChI is InChI=1S/C21H22N2O2/c1-15(18-10-9-17-6-2-3-7-19(17)12-18)23-21(24)14-25-20-8-4-5-16(11-20)13-22/h4-5,8-12,15H,2-3,6-7,14H2,1H3,(H,23,24)/t15-/m0/s1. The van der Waals surface area contributed by atoms with Crippen LogP contribution in [-0.4, -0.2) is 12.5 Å². The van der Waals surface area contributed by atoms with E-state index in [9.17, 15) is 4.79 Å². The molecule has 2 aromatic rings. The minimum absolute atomic E-state index is 0.0613. The molecule has 0 spiro atoms. The number of nitrogens with zero attached hydrogens (tertiary/aromatic N) is 1. The first-order valence-corrected chi connectivity index (χ1v) is 8.70. The van der Waals surface area contributed by atoms with Gasteiger partial charge in [0.15, 0.2) is 6.61 Å². The highest BCUT2D eigenvalue weighted by molar-refractivity contribution is 5.78. The zero-order valence-electron chi connectivity index (χ0n) is 14.4. The van der Waals surface area contributed by atoms with Crippen molar-refractivity contribution in [1.29, 1.82) is 5.26 Å². The molecule has 0 radical (unpaired) electrons. The lowest BCUT2D eigenvalue weighted by Gasteiger charge is -2.20. The average Bonchev–Trinajstić information content (AvgIpc) is 2.66. The number of rotatable bonds is 5. The van der Waals surface area contributed by atoms with Crippen molar-refractivity contribution in [3.05, 3.63) is 64.7 Å². The summed E-state index contributed by atoms with van der Waals surface area (Å²) in [6.07, 6.45) is 4.80. The maximum atomic E-state index is 12.1. The molecule has 0 aliphatic heterocycles. The van der Waals surface area contributed by atoms with Gasteiger partial charge in [-0.05, 0) is 67.5 Å². The molecule has 0 heterocycles. The van der Waals surface area contributed by atoms with Gasteiger partial charge in [-0.2, -0.15) is 5.26 Å². The summed E-state index contributed by atoms with van der Waals surface area (Å²) in [5.74, 6) is 0.350. The van der Waals surface area contributed by atoms with Crippen LogP contribution in [0.1, 0.15) is 48.1 Å². The molecule has 2 aromatic carbocycles. The first-order chi connectivity index (χ1) is 12.2. The fourth-order valence-corrected chi connectivity index (χ4v) is 3.19. The fraction of sp³-hybridized carbons (Fsp3) is 0.333. The molecule has 25 heavy (non-hydrogen) atoms. The van der Waals surface area contributed by atoms with Gasteiger partial charge < -0.3 is 10.1 Å². The van der Waals surface area contributed by atoms with Gasteiger partial charge >= 0.3 is 0 Å². The number of aryl methyl sites for hydroxylation is 2. The maximum absolute atomic E-state index is 12.1. The van der Waals surface area contributed by atoms with E-state index >= 15 is 0 Å². The van der Waals surface area contributed by atoms with Gasteiger partial charge in [0.05, 0.1) is 17.7 Å². The molecular weight excluding hydrogens is 312 g/mol. The second-order valence-electron chi connectivity index (χ2n) is 6.45. The van der Waals surface area contributed by atoms with Gasteiger partial charge in [0, 0.05) is 0 Å². The Bertz CT molecular complexity index is 808. The molecule has 1 amide bonds. The smallest absolute Gasteiger partial charge is 0.258 e. The predicted octanol–water partition coefficient (Wildman–Crippen LogP) is 3.69. The molecule has 3 rings (SSSR count). The number of hydrogen-bond donors (Lipinski definition) is 1.